The van der Waals surface area contributed by atoms with Gasteiger partial charge in [0.05, 0.1) is 0 Å². The number of carbonyl (C=O) groups is 1. The summed E-state index contributed by atoms with van der Waals surface area (Å²) in [6.07, 6.45) is 3.42. The number of aryl methyl sites for hydroxylation is 1. The highest BCUT2D eigenvalue weighted by molar-refractivity contribution is 5.85. The Morgan fingerprint density at radius 3 is 2.78 bits per heavy atom. The Kier molecular flexibility index (Phi) is 3.84. The van der Waals surface area contributed by atoms with Crippen molar-refractivity contribution in [1.29, 1.82) is 0 Å². The minimum Gasteiger partial charge on any atom is -0.476 e. The molecule has 0 bridgehead atoms. The van der Waals surface area contributed by atoms with E-state index in [0.29, 0.717) is 23.6 Å². The van der Waals surface area contributed by atoms with Crippen LogP contribution in [0.5, 0.6) is 0 Å². The minimum absolute atomic E-state index is 0.0750. The van der Waals surface area contributed by atoms with Gasteiger partial charge in [-0.3, -0.25) is 4.57 Å². The molecule has 0 unspecified atom stereocenters. The van der Waals surface area contributed by atoms with Crippen molar-refractivity contribution in [3.63, 3.8) is 0 Å². The van der Waals surface area contributed by atoms with E-state index in [4.69, 9.17) is 5.11 Å². The summed E-state index contributed by atoms with van der Waals surface area (Å²) >= 11 is 0. The fraction of sp³-hybridized carbons (Fsp3) is 0.125. The number of benzene rings is 1. The van der Waals surface area contributed by atoms with Crippen molar-refractivity contribution in [2.24, 2.45) is 0 Å². The molecule has 1 aromatic carbocycles. The first-order chi connectivity index (χ1) is 11.1. The SMILES string of the molecule is CCc1cc(-n2cnc(C(=O)O)c2)nc(-c2cccc(F)c2)n1. The lowest BCUT2D eigenvalue weighted by atomic mass is 10.2. The van der Waals surface area contributed by atoms with Crippen LogP contribution in [-0.4, -0.2) is 30.6 Å². The number of hydrogen-bond acceptors (Lipinski definition) is 4. The van der Waals surface area contributed by atoms with Crippen LogP contribution in [0.4, 0.5) is 4.39 Å². The number of halogens is 1. The van der Waals surface area contributed by atoms with E-state index in [2.05, 4.69) is 15.0 Å². The summed E-state index contributed by atoms with van der Waals surface area (Å²) in [5.41, 5.74) is 1.24. The van der Waals surface area contributed by atoms with Gasteiger partial charge < -0.3 is 5.11 Å². The molecular formula is C16H13FN4O2. The summed E-state index contributed by atoms with van der Waals surface area (Å²) in [6, 6.07) is 7.76. The molecule has 0 spiro atoms. The van der Waals surface area contributed by atoms with Crippen LogP contribution < -0.4 is 0 Å². The maximum atomic E-state index is 13.4. The van der Waals surface area contributed by atoms with Crippen LogP contribution in [0.3, 0.4) is 0 Å². The normalized spacial score (nSPS) is 10.7. The van der Waals surface area contributed by atoms with E-state index in [-0.39, 0.29) is 11.5 Å². The Bertz CT molecular complexity index is 876. The lowest BCUT2D eigenvalue weighted by molar-refractivity contribution is 0.0691. The topological polar surface area (TPSA) is 80.9 Å². The Morgan fingerprint density at radius 1 is 1.30 bits per heavy atom. The first kappa shape index (κ1) is 14.8. The van der Waals surface area contributed by atoms with E-state index >= 15 is 0 Å². The molecule has 0 amide bonds. The van der Waals surface area contributed by atoms with Gasteiger partial charge in [0.1, 0.15) is 18.0 Å². The van der Waals surface area contributed by atoms with Crippen molar-refractivity contribution in [2.75, 3.05) is 0 Å². The zero-order valence-electron chi connectivity index (χ0n) is 12.3. The van der Waals surface area contributed by atoms with Crippen molar-refractivity contribution < 1.29 is 14.3 Å². The molecule has 23 heavy (non-hydrogen) atoms. The predicted octanol–water partition coefficient (Wildman–Crippen LogP) is 2.73. The predicted molar refractivity (Wildman–Crippen MR) is 80.9 cm³/mol. The van der Waals surface area contributed by atoms with Crippen LogP contribution in [-0.2, 0) is 6.42 Å². The average Bonchev–Trinajstić information content (AvgIpc) is 3.05. The second kappa shape index (κ2) is 5.96. The smallest absolute Gasteiger partial charge is 0.356 e. The molecule has 3 rings (SSSR count). The van der Waals surface area contributed by atoms with E-state index in [0.717, 1.165) is 5.69 Å². The second-order valence-corrected chi connectivity index (χ2v) is 4.88. The largest absolute Gasteiger partial charge is 0.476 e. The summed E-state index contributed by atoms with van der Waals surface area (Å²) < 4.78 is 14.9. The summed E-state index contributed by atoms with van der Waals surface area (Å²) in [6.45, 7) is 1.94. The molecule has 0 saturated carbocycles. The molecular weight excluding hydrogens is 299 g/mol. The van der Waals surface area contributed by atoms with Gasteiger partial charge in [0, 0.05) is 23.5 Å². The van der Waals surface area contributed by atoms with Gasteiger partial charge in [-0.05, 0) is 18.6 Å². The van der Waals surface area contributed by atoms with Crippen LogP contribution in [0.2, 0.25) is 0 Å². The molecule has 6 nitrogen and oxygen atoms in total. The molecule has 0 radical (unpaired) electrons. The molecule has 1 N–H and O–H groups in total. The highest BCUT2D eigenvalue weighted by Gasteiger charge is 2.11. The quantitative estimate of drug-likeness (QED) is 0.801. The van der Waals surface area contributed by atoms with E-state index in [1.807, 2.05) is 6.92 Å². The monoisotopic (exact) mass is 312 g/mol. The number of nitrogens with zero attached hydrogens (tertiary/aromatic N) is 4. The van der Waals surface area contributed by atoms with Gasteiger partial charge in [-0.2, -0.15) is 0 Å². The molecule has 0 aliphatic heterocycles. The highest BCUT2D eigenvalue weighted by atomic mass is 19.1. The van der Waals surface area contributed by atoms with E-state index in [9.17, 15) is 9.18 Å². The van der Waals surface area contributed by atoms with E-state index in [1.54, 1.807) is 18.2 Å². The zero-order valence-corrected chi connectivity index (χ0v) is 12.3. The number of rotatable bonds is 4. The number of carboxylic acids is 1. The lowest BCUT2D eigenvalue weighted by Crippen LogP contribution is -2.02. The van der Waals surface area contributed by atoms with Crippen LogP contribution >= 0.6 is 0 Å². The Labute approximate surface area is 131 Å². The third kappa shape index (κ3) is 3.08. The van der Waals surface area contributed by atoms with E-state index < -0.39 is 5.97 Å². The van der Waals surface area contributed by atoms with Gasteiger partial charge in [0.15, 0.2) is 11.5 Å². The van der Waals surface area contributed by atoms with Crippen molar-refractivity contribution in [1.82, 2.24) is 19.5 Å². The molecule has 2 heterocycles. The molecule has 7 heteroatoms. The van der Waals surface area contributed by atoms with Gasteiger partial charge >= 0.3 is 5.97 Å². The van der Waals surface area contributed by atoms with Gasteiger partial charge in [-0.15, -0.1) is 0 Å². The first-order valence-corrected chi connectivity index (χ1v) is 6.98. The van der Waals surface area contributed by atoms with Gasteiger partial charge in [-0.1, -0.05) is 19.1 Å². The zero-order chi connectivity index (χ0) is 16.4. The van der Waals surface area contributed by atoms with Crippen LogP contribution in [0.25, 0.3) is 17.2 Å². The van der Waals surface area contributed by atoms with Crippen molar-refractivity contribution >= 4 is 5.97 Å². The van der Waals surface area contributed by atoms with Gasteiger partial charge in [-0.25, -0.2) is 24.1 Å². The third-order valence-corrected chi connectivity index (χ3v) is 3.28. The molecule has 0 saturated heterocycles. The van der Waals surface area contributed by atoms with Gasteiger partial charge in [0.25, 0.3) is 0 Å². The maximum Gasteiger partial charge on any atom is 0.356 e. The molecule has 0 aliphatic carbocycles. The Balaban J connectivity index is 2.10. The molecule has 0 fully saturated rings. The average molecular weight is 312 g/mol. The first-order valence-electron chi connectivity index (χ1n) is 6.98. The van der Waals surface area contributed by atoms with Crippen LogP contribution in [0.1, 0.15) is 23.1 Å². The highest BCUT2D eigenvalue weighted by Crippen LogP contribution is 2.19. The van der Waals surface area contributed by atoms with E-state index in [1.165, 1.54) is 29.2 Å². The Hall–Kier alpha value is -3.09. The fourth-order valence-electron chi connectivity index (χ4n) is 2.11. The molecule has 0 aliphatic rings. The number of aromatic nitrogens is 4. The summed E-state index contributed by atoms with van der Waals surface area (Å²) in [7, 11) is 0. The van der Waals surface area contributed by atoms with Crippen molar-refractivity contribution in [3.05, 3.63) is 60.1 Å². The molecule has 3 aromatic rings. The molecule has 116 valence electrons. The molecule has 0 atom stereocenters. The third-order valence-electron chi connectivity index (χ3n) is 3.28. The molecule has 2 aromatic heterocycles. The van der Waals surface area contributed by atoms with Crippen LogP contribution in [0.15, 0.2) is 42.9 Å². The summed E-state index contributed by atoms with van der Waals surface area (Å²) in [5.74, 6) is -0.621. The minimum atomic E-state index is -1.11. The fourth-order valence-corrected chi connectivity index (χ4v) is 2.11. The standard InChI is InChI=1S/C16H13FN4O2/c1-2-12-7-14(21-8-13(16(22)23)18-9-21)20-15(19-12)10-4-3-5-11(17)6-10/h3-9H,2H2,1H3,(H,22,23). The second-order valence-electron chi connectivity index (χ2n) is 4.88. The maximum absolute atomic E-state index is 13.4. The number of hydrogen-bond donors (Lipinski definition) is 1. The van der Waals surface area contributed by atoms with Crippen molar-refractivity contribution in [3.8, 4) is 17.2 Å². The summed E-state index contributed by atoms with van der Waals surface area (Å²) in [4.78, 5) is 23.5. The summed E-state index contributed by atoms with van der Waals surface area (Å²) in [5, 5.41) is 8.96. The lowest BCUT2D eigenvalue weighted by Gasteiger charge is -2.08. The van der Waals surface area contributed by atoms with Gasteiger partial charge in [0.2, 0.25) is 0 Å². The number of carboxylic acid groups (broad SMARTS) is 1. The number of imidazole rings is 1. The van der Waals surface area contributed by atoms with Crippen LogP contribution in [0, 0.1) is 5.82 Å². The Morgan fingerprint density at radius 2 is 2.13 bits per heavy atom. The number of aromatic carboxylic acids is 1. The van der Waals surface area contributed by atoms with Crippen molar-refractivity contribution in [2.45, 2.75) is 13.3 Å².